The number of aliphatic hydroxyl groups excluding tert-OH is 4. The number of hydrogen-bond donors (Lipinski definition) is 12. The number of nitrogens with two attached hydrogens (primary N) is 4. The van der Waals surface area contributed by atoms with Gasteiger partial charge in [0.1, 0.15) is 0 Å². The summed E-state index contributed by atoms with van der Waals surface area (Å²) in [6, 6.07) is -4.47. The fourth-order valence-corrected chi connectivity index (χ4v) is 7.04. The predicted octanol–water partition coefficient (Wildman–Crippen LogP) is -42.9. The van der Waals surface area contributed by atoms with Crippen molar-refractivity contribution >= 4 is 185 Å². The van der Waals surface area contributed by atoms with Gasteiger partial charge in [0.05, 0.1) is 23.9 Å². The molecule has 0 amide bonds. The Kier molecular flexibility index (Phi) is 91.3. The molecule has 0 aromatic rings. The van der Waals surface area contributed by atoms with Gasteiger partial charge in [0, 0.05) is 198 Å². The van der Waals surface area contributed by atoms with E-state index in [9.17, 15) is 119 Å². The number of nitrogens with one attached hydrogen (secondary N) is 4. The molecule has 0 aromatic heterocycles. The zero-order chi connectivity index (χ0) is 60.2. The third-order valence-electron chi connectivity index (χ3n) is 10.6. The van der Waals surface area contributed by atoms with Crippen molar-refractivity contribution in [3.8, 4) is 0 Å². The second-order valence-corrected chi connectivity index (χ2v) is 16.4. The van der Waals surface area contributed by atoms with Crippen molar-refractivity contribution in [2.45, 2.75) is 123 Å². The van der Waals surface area contributed by atoms with Crippen LogP contribution >= 0.6 is 0 Å². The van der Waals surface area contributed by atoms with E-state index in [2.05, 4.69) is 21.3 Å². The van der Waals surface area contributed by atoms with Crippen LogP contribution in [-0.2, 0) is 57.5 Å². The van der Waals surface area contributed by atoms with Crippen LogP contribution in [0.3, 0.4) is 0 Å². The number of carboxylic acids is 12. The average molecular weight is 1360 g/mol. The molecule has 440 valence electrons. The molecule has 0 aromatic carbocycles. The Labute approximate surface area is 709 Å². The second kappa shape index (κ2) is 65.6. The third-order valence-corrected chi connectivity index (χ3v) is 10.6. The Morgan fingerprint density at radius 2 is 0.376 bits per heavy atom. The molecule has 36 nitrogen and oxygen atoms in total. The fraction of sp³-hybridized carbons (Fsp3) is 0.700. The smallest absolute Gasteiger partial charge is 0.550 e. The summed E-state index contributed by atoms with van der Waals surface area (Å²) in [6.45, 7) is -4.85. The van der Waals surface area contributed by atoms with Gasteiger partial charge >= 0.3 is 291 Å². The van der Waals surface area contributed by atoms with Crippen LogP contribution in [0.4, 0.5) is 0 Å². The van der Waals surface area contributed by atoms with Crippen LogP contribution in [0.25, 0.3) is 0 Å². The minimum atomic E-state index is -1.79. The summed E-state index contributed by atoms with van der Waals surface area (Å²) in [5.74, 6) is -19.1. The number of carboxylic acid groups (broad SMARTS) is 12. The maximum atomic E-state index is 10.7. The summed E-state index contributed by atoms with van der Waals surface area (Å²) in [7, 11) is 0. The van der Waals surface area contributed by atoms with Gasteiger partial charge in [-0.05, 0) is 25.7 Å². The van der Waals surface area contributed by atoms with Gasteiger partial charge < -0.3 is 183 Å². The van der Waals surface area contributed by atoms with E-state index in [4.69, 9.17) is 43.4 Å². The molecule has 0 bridgehead atoms. The molecule has 0 aliphatic heterocycles. The van der Waals surface area contributed by atoms with E-state index < -0.39 is 222 Å². The fourth-order valence-electron chi connectivity index (χ4n) is 7.04. The molecule has 0 fully saturated rings. The van der Waals surface area contributed by atoms with Gasteiger partial charge in [-0.2, -0.15) is 0 Å². The Morgan fingerprint density at radius 1 is 0.271 bits per heavy atom. The predicted molar refractivity (Wildman–Crippen MR) is 236 cm³/mol. The molecule has 0 rings (SSSR count). The molecule has 85 heavy (non-hydrogen) atoms. The molecule has 0 aliphatic rings. The standard InChI is InChI=1S/4C10H18N2O7.3Ca.6Na/c4*11-6(1-2-13)10(3-7(14)15,4-8(16)17)12-5-9(18)19;;;;;;;;;/h4*6,12-13H,1-5,11H2,(H,14,15)(H,16,17)(H,18,19);;;;;;;;;/q;;;;3*+2;6*+1/p-12. The Bertz CT molecular complexity index is 1630. The van der Waals surface area contributed by atoms with Gasteiger partial charge in [-0.3, -0.25) is 0 Å². The summed E-state index contributed by atoms with van der Waals surface area (Å²) in [6.07, 6.45) is -7.20. The molecule has 0 radical (unpaired) electrons. The molecular weight excluding hydrogens is 1300 g/mol. The maximum absolute atomic E-state index is 10.7. The monoisotopic (exact) mass is 1360 g/mol. The molecular formula is C40H60Ca3N8Na6O28. The van der Waals surface area contributed by atoms with E-state index in [0.29, 0.717) is 0 Å². The molecule has 4 unspecified atom stereocenters. The van der Waals surface area contributed by atoms with Crippen molar-refractivity contribution < 1.29 is 317 Å². The number of aliphatic hydroxyl groups is 4. The minimum absolute atomic E-state index is 0. The maximum Gasteiger partial charge on any atom is 2.00 e. The van der Waals surface area contributed by atoms with E-state index in [1.807, 2.05) is 0 Å². The van der Waals surface area contributed by atoms with Crippen LogP contribution in [-0.4, -0.2) is 304 Å². The first-order valence-corrected chi connectivity index (χ1v) is 21.8. The van der Waals surface area contributed by atoms with E-state index in [-0.39, 0.29) is 316 Å². The van der Waals surface area contributed by atoms with Crippen LogP contribution < -0.4 is 283 Å². The molecule has 0 saturated heterocycles. The molecule has 0 heterocycles. The largest absolute Gasteiger partial charge is 2.00 e. The van der Waals surface area contributed by atoms with Crippen molar-refractivity contribution in [3.05, 3.63) is 0 Å². The van der Waals surface area contributed by atoms with Crippen molar-refractivity contribution in [1.29, 1.82) is 0 Å². The van der Waals surface area contributed by atoms with Crippen molar-refractivity contribution in [2.24, 2.45) is 22.9 Å². The number of aliphatic carboxylic acids is 12. The zero-order valence-corrected chi connectivity index (χ0v) is 67.1. The minimum Gasteiger partial charge on any atom is -0.550 e. The number of carbonyl (C=O) groups is 12. The van der Waals surface area contributed by atoms with Crippen LogP contribution in [0, 0.1) is 0 Å². The van der Waals surface area contributed by atoms with E-state index in [0.717, 1.165) is 0 Å². The van der Waals surface area contributed by atoms with Crippen LogP contribution in [0.2, 0.25) is 0 Å². The van der Waals surface area contributed by atoms with Crippen LogP contribution in [0.1, 0.15) is 77.0 Å². The summed E-state index contributed by atoms with van der Waals surface area (Å²) >= 11 is 0. The van der Waals surface area contributed by atoms with Gasteiger partial charge in [0.2, 0.25) is 0 Å². The number of rotatable bonds is 40. The quantitative estimate of drug-likeness (QED) is 0.0254. The first-order valence-electron chi connectivity index (χ1n) is 21.8. The first kappa shape index (κ1) is 118. The topological polar surface area (TPSA) is 715 Å². The van der Waals surface area contributed by atoms with Gasteiger partial charge in [-0.15, -0.1) is 0 Å². The average Bonchev–Trinajstić information content (AvgIpc) is 3.25. The molecule has 0 saturated carbocycles. The Morgan fingerprint density at radius 3 is 0.447 bits per heavy atom. The van der Waals surface area contributed by atoms with Crippen molar-refractivity contribution in [2.75, 3.05) is 52.6 Å². The first-order chi connectivity index (χ1) is 34.9. The van der Waals surface area contributed by atoms with Gasteiger partial charge in [0.15, 0.2) is 0 Å². The van der Waals surface area contributed by atoms with Gasteiger partial charge in [-0.25, -0.2) is 0 Å². The third kappa shape index (κ3) is 59.2. The van der Waals surface area contributed by atoms with Crippen LogP contribution in [0.5, 0.6) is 0 Å². The zero-order valence-electron chi connectivity index (χ0n) is 48.5. The molecule has 16 N–H and O–H groups in total. The number of hydrogen-bond acceptors (Lipinski definition) is 36. The molecule has 4 atom stereocenters. The number of carbonyl (C=O) groups excluding carboxylic acids is 12. The summed E-state index contributed by atoms with van der Waals surface area (Å²) in [5.41, 5.74) is 15.3. The second-order valence-electron chi connectivity index (χ2n) is 16.4. The van der Waals surface area contributed by atoms with Gasteiger partial charge in [-0.1, -0.05) is 0 Å². The van der Waals surface area contributed by atoms with Crippen molar-refractivity contribution in [3.63, 3.8) is 0 Å². The molecule has 45 heteroatoms. The summed E-state index contributed by atoms with van der Waals surface area (Å²) < 4.78 is 0. The Hall–Kier alpha value is 2.94. The Balaban J connectivity index is -0.0000000714. The van der Waals surface area contributed by atoms with Crippen molar-refractivity contribution in [1.82, 2.24) is 21.3 Å². The summed E-state index contributed by atoms with van der Waals surface area (Å²) in [4.78, 5) is 127. The molecule has 0 spiro atoms. The van der Waals surface area contributed by atoms with Gasteiger partial charge in [0.25, 0.3) is 0 Å². The SMILES string of the molecule is NC(CCO)C(CC(=O)[O-])(CC(=O)[O-])NCC(=O)[O-].NC(CCO)C(CC(=O)[O-])(CC(=O)[O-])NCC(=O)[O-].NC(CCO)C(CC(=O)[O-])(CC(=O)[O-])NCC(=O)[O-].NC(CCO)C(CC(=O)[O-])(CC(=O)[O-])NCC(=O)[O-].[Ca+2].[Ca+2].[Ca+2].[Na+].[Na+].[Na+].[Na+].[Na+].[Na+]. The van der Waals surface area contributed by atoms with E-state index in [1.54, 1.807) is 0 Å². The van der Waals surface area contributed by atoms with E-state index in [1.165, 1.54) is 0 Å². The molecule has 0 aliphatic carbocycles. The normalized spacial score (nSPS) is 11.6. The summed E-state index contributed by atoms with van der Waals surface area (Å²) in [5, 5.41) is 171. The van der Waals surface area contributed by atoms with Crippen LogP contribution in [0.15, 0.2) is 0 Å². The van der Waals surface area contributed by atoms with E-state index >= 15 is 0 Å².